The number of amidine groups is 1. The number of nitrogens with zero attached hydrogens (tertiary/aromatic N) is 1. The van der Waals surface area contributed by atoms with Gasteiger partial charge in [-0.2, -0.15) is 8.42 Å². The SMILES string of the molecule is C/C(=C\c1ccc(C(=O)Oc2ccc(C(=N)N)cc2)s1)C(=O)N(CCCO)CCS(=O)(=O)O. The van der Waals surface area contributed by atoms with Crippen LogP contribution in [0.1, 0.15) is 33.5 Å². The highest BCUT2D eigenvalue weighted by Gasteiger charge is 2.18. The summed E-state index contributed by atoms with van der Waals surface area (Å²) in [4.78, 5) is 27.3. The van der Waals surface area contributed by atoms with Crippen LogP contribution in [0.2, 0.25) is 0 Å². The van der Waals surface area contributed by atoms with Gasteiger partial charge in [0.05, 0.1) is 5.75 Å². The molecule has 5 N–H and O–H groups in total. The third-order valence-electron chi connectivity index (χ3n) is 4.39. The van der Waals surface area contributed by atoms with E-state index in [-0.39, 0.29) is 32.0 Å². The maximum Gasteiger partial charge on any atom is 0.353 e. The number of thiophene rings is 1. The Morgan fingerprint density at radius 3 is 2.42 bits per heavy atom. The minimum absolute atomic E-state index is 0.0969. The molecule has 0 fully saturated rings. The summed E-state index contributed by atoms with van der Waals surface area (Å²) in [5, 5.41) is 16.4. The van der Waals surface area contributed by atoms with Gasteiger partial charge in [-0.05, 0) is 55.8 Å². The fourth-order valence-corrected chi connectivity index (χ4v) is 4.06. The summed E-state index contributed by atoms with van der Waals surface area (Å²) in [6.45, 7) is 1.29. The number of aliphatic hydroxyl groups is 1. The third-order valence-corrected chi connectivity index (χ3v) is 6.10. The Bertz CT molecular complexity index is 1140. The van der Waals surface area contributed by atoms with Crippen molar-refractivity contribution in [2.75, 3.05) is 25.4 Å². The fourth-order valence-electron chi connectivity index (χ4n) is 2.73. The van der Waals surface area contributed by atoms with Gasteiger partial charge in [0.1, 0.15) is 16.5 Å². The van der Waals surface area contributed by atoms with Gasteiger partial charge in [-0.1, -0.05) is 0 Å². The zero-order valence-corrected chi connectivity index (χ0v) is 19.5. The van der Waals surface area contributed by atoms with Crippen LogP contribution in [0.25, 0.3) is 6.08 Å². The topological polar surface area (TPSA) is 171 Å². The molecule has 0 unspecified atom stereocenters. The zero-order valence-electron chi connectivity index (χ0n) is 17.9. The van der Waals surface area contributed by atoms with Crippen molar-refractivity contribution in [1.29, 1.82) is 5.41 Å². The predicted octanol–water partition coefficient (Wildman–Crippen LogP) is 1.75. The second-order valence-corrected chi connectivity index (χ2v) is 9.70. The summed E-state index contributed by atoms with van der Waals surface area (Å²) < 4.78 is 36.3. The van der Waals surface area contributed by atoms with E-state index in [1.165, 1.54) is 17.0 Å². The van der Waals surface area contributed by atoms with Gasteiger partial charge in [0, 0.05) is 35.7 Å². The van der Waals surface area contributed by atoms with Crippen molar-refractivity contribution in [1.82, 2.24) is 4.90 Å². The number of nitrogen functional groups attached to an aromatic ring is 1. The number of amides is 1. The molecule has 10 nitrogen and oxygen atoms in total. The van der Waals surface area contributed by atoms with E-state index in [1.807, 2.05) is 0 Å². The predicted molar refractivity (Wildman–Crippen MR) is 125 cm³/mol. The van der Waals surface area contributed by atoms with E-state index < -0.39 is 27.7 Å². The van der Waals surface area contributed by atoms with Gasteiger partial charge < -0.3 is 20.5 Å². The smallest absolute Gasteiger partial charge is 0.353 e. The molecule has 0 bridgehead atoms. The van der Waals surface area contributed by atoms with Crippen LogP contribution in [0.5, 0.6) is 5.75 Å². The Balaban J connectivity index is 2.08. The highest BCUT2D eigenvalue weighted by atomic mass is 32.2. The molecule has 1 amide bonds. The molecule has 12 heteroatoms. The summed E-state index contributed by atoms with van der Waals surface area (Å²) in [5.74, 6) is -1.45. The highest BCUT2D eigenvalue weighted by molar-refractivity contribution is 7.85. The molecule has 0 atom stereocenters. The lowest BCUT2D eigenvalue weighted by Gasteiger charge is -2.22. The van der Waals surface area contributed by atoms with Gasteiger partial charge >= 0.3 is 5.97 Å². The molecule has 0 aliphatic rings. The minimum Gasteiger partial charge on any atom is -0.422 e. The molecule has 1 heterocycles. The number of aliphatic hydroxyl groups excluding tert-OH is 1. The van der Waals surface area contributed by atoms with Crippen molar-refractivity contribution in [3.05, 3.63) is 57.3 Å². The normalized spacial score (nSPS) is 11.8. The average Bonchev–Trinajstić information content (AvgIpc) is 3.21. The lowest BCUT2D eigenvalue weighted by Crippen LogP contribution is -2.36. The van der Waals surface area contributed by atoms with Crippen LogP contribution in [-0.2, 0) is 14.9 Å². The van der Waals surface area contributed by atoms with Crippen LogP contribution in [0.15, 0.2) is 42.0 Å². The van der Waals surface area contributed by atoms with Crippen molar-refractivity contribution >= 4 is 45.2 Å². The first kappa shape index (κ1) is 26.2. The Hall–Kier alpha value is -3.06. The van der Waals surface area contributed by atoms with Crippen molar-refractivity contribution in [2.24, 2.45) is 5.73 Å². The molecular formula is C21H25N3O7S2. The molecule has 0 aliphatic carbocycles. The van der Waals surface area contributed by atoms with Crippen LogP contribution in [0, 0.1) is 5.41 Å². The number of esters is 1. The maximum absolute atomic E-state index is 12.7. The monoisotopic (exact) mass is 495 g/mol. The summed E-state index contributed by atoms with van der Waals surface area (Å²) in [7, 11) is -4.24. The number of hydrogen-bond acceptors (Lipinski definition) is 8. The van der Waals surface area contributed by atoms with Gasteiger partial charge in [0.2, 0.25) is 5.91 Å². The number of carbonyl (C=O) groups is 2. The summed E-state index contributed by atoms with van der Waals surface area (Å²) in [6.07, 6.45) is 1.82. The van der Waals surface area contributed by atoms with Crippen LogP contribution >= 0.6 is 11.3 Å². The first-order valence-electron chi connectivity index (χ1n) is 9.80. The maximum atomic E-state index is 12.7. The van der Waals surface area contributed by atoms with Gasteiger partial charge in [-0.15, -0.1) is 11.3 Å². The molecule has 1 aromatic carbocycles. The molecule has 1 aromatic heterocycles. The molecule has 0 spiro atoms. The second-order valence-electron chi connectivity index (χ2n) is 7.01. The van der Waals surface area contributed by atoms with E-state index in [2.05, 4.69) is 0 Å². The Kier molecular flexibility index (Phi) is 9.29. The lowest BCUT2D eigenvalue weighted by molar-refractivity contribution is -0.126. The quantitative estimate of drug-likeness (QED) is 0.0912. The summed E-state index contributed by atoms with van der Waals surface area (Å²) in [6, 6.07) is 9.38. The van der Waals surface area contributed by atoms with Gasteiger partial charge in [-0.25, -0.2) is 4.79 Å². The van der Waals surface area contributed by atoms with Crippen LogP contribution in [0.4, 0.5) is 0 Å². The molecule has 178 valence electrons. The molecule has 0 saturated carbocycles. The van der Waals surface area contributed by atoms with E-state index in [4.69, 9.17) is 25.5 Å². The molecule has 2 rings (SSSR count). The molecule has 2 aromatic rings. The van der Waals surface area contributed by atoms with E-state index in [0.29, 0.717) is 26.6 Å². The highest BCUT2D eigenvalue weighted by Crippen LogP contribution is 2.22. The zero-order chi connectivity index (χ0) is 24.6. The fraction of sp³-hybridized carbons (Fsp3) is 0.286. The molecule has 0 saturated heterocycles. The number of nitrogens with two attached hydrogens (primary N) is 1. The number of benzene rings is 1. The van der Waals surface area contributed by atoms with Crippen molar-refractivity contribution in [3.8, 4) is 5.75 Å². The molecule has 0 radical (unpaired) electrons. The van der Waals surface area contributed by atoms with E-state index >= 15 is 0 Å². The van der Waals surface area contributed by atoms with Crippen molar-refractivity contribution < 1.29 is 32.4 Å². The van der Waals surface area contributed by atoms with Crippen LogP contribution in [-0.4, -0.2) is 66.1 Å². The number of ether oxygens (including phenoxy) is 1. The van der Waals surface area contributed by atoms with Gasteiger partial charge in [0.15, 0.2) is 0 Å². The number of nitrogens with one attached hydrogen (secondary N) is 1. The van der Waals surface area contributed by atoms with E-state index in [1.54, 1.807) is 37.3 Å². The van der Waals surface area contributed by atoms with Crippen molar-refractivity contribution in [3.63, 3.8) is 0 Å². The summed E-state index contributed by atoms with van der Waals surface area (Å²) in [5.41, 5.74) is 6.19. The van der Waals surface area contributed by atoms with Crippen LogP contribution < -0.4 is 10.5 Å². The molecular weight excluding hydrogens is 470 g/mol. The Morgan fingerprint density at radius 2 is 1.85 bits per heavy atom. The minimum atomic E-state index is -4.24. The van der Waals surface area contributed by atoms with Gasteiger partial charge in [-0.3, -0.25) is 14.8 Å². The molecule has 0 aliphatic heterocycles. The average molecular weight is 496 g/mol. The lowest BCUT2D eigenvalue weighted by atomic mass is 10.2. The summed E-state index contributed by atoms with van der Waals surface area (Å²) >= 11 is 1.11. The third kappa shape index (κ3) is 8.42. The number of hydrogen-bond donors (Lipinski definition) is 4. The second kappa shape index (κ2) is 11.7. The largest absolute Gasteiger partial charge is 0.422 e. The van der Waals surface area contributed by atoms with E-state index in [9.17, 15) is 18.0 Å². The number of rotatable bonds is 11. The Labute approximate surface area is 195 Å². The number of carbonyl (C=O) groups excluding carboxylic acids is 2. The van der Waals surface area contributed by atoms with E-state index in [0.717, 1.165) is 11.3 Å². The standard InChI is InChI=1S/C21H25N3O7S2/c1-14(20(26)24(9-2-11-25)10-12-33(28,29)30)13-17-7-8-18(32-17)21(27)31-16-5-3-15(4-6-16)19(22)23/h3-8,13,25H,2,9-12H2,1H3,(H3,22,23)(H,28,29,30)/b14-13+. The molecule has 33 heavy (non-hydrogen) atoms. The van der Waals surface area contributed by atoms with Crippen LogP contribution in [0.3, 0.4) is 0 Å². The Morgan fingerprint density at radius 1 is 1.18 bits per heavy atom. The van der Waals surface area contributed by atoms with Crippen molar-refractivity contribution in [2.45, 2.75) is 13.3 Å². The first-order chi connectivity index (χ1) is 15.5. The van der Waals surface area contributed by atoms with Gasteiger partial charge in [0.25, 0.3) is 10.1 Å². The first-order valence-corrected chi connectivity index (χ1v) is 12.2.